The van der Waals surface area contributed by atoms with Gasteiger partial charge >= 0.3 is 11.9 Å². The monoisotopic (exact) mass is 477 g/mol. The van der Waals surface area contributed by atoms with Gasteiger partial charge in [-0.3, -0.25) is 4.79 Å². The Balaban J connectivity index is 2.06. The molecule has 0 saturated carbocycles. The Morgan fingerprint density at radius 3 is 2.56 bits per heavy atom. The van der Waals surface area contributed by atoms with Gasteiger partial charge in [0.25, 0.3) is 0 Å². The normalized spacial score (nSPS) is 11.6. The van der Waals surface area contributed by atoms with E-state index in [1.807, 2.05) is 13.0 Å². The molecule has 0 fully saturated rings. The van der Waals surface area contributed by atoms with Gasteiger partial charge in [-0.1, -0.05) is 29.4 Å². The summed E-state index contributed by atoms with van der Waals surface area (Å²) < 4.78 is 27.2. The third-order valence-electron chi connectivity index (χ3n) is 4.59. The van der Waals surface area contributed by atoms with Crippen molar-refractivity contribution in [3.63, 3.8) is 0 Å². The van der Waals surface area contributed by atoms with E-state index >= 15 is 4.39 Å². The van der Waals surface area contributed by atoms with Crippen LogP contribution in [-0.2, 0) is 20.8 Å². The SMILES string of the molecule is CCOC(=O)c1cccc(Sc2c(C)n(CC(=O)OC(C)(C)C)c3c(F)c(Cl)ccc23)c1. The van der Waals surface area contributed by atoms with Crippen LogP contribution in [0.15, 0.2) is 46.2 Å². The second-order valence-electron chi connectivity index (χ2n) is 8.20. The Bertz CT molecular complexity index is 1180. The molecular weight excluding hydrogens is 453 g/mol. The molecule has 2 aromatic carbocycles. The Kier molecular flexibility index (Phi) is 7.20. The topological polar surface area (TPSA) is 57.5 Å². The first-order valence-corrected chi connectivity index (χ1v) is 11.3. The molecule has 32 heavy (non-hydrogen) atoms. The van der Waals surface area contributed by atoms with Gasteiger partial charge in [0.1, 0.15) is 12.1 Å². The van der Waals surface area contributed by atoms with Crippen LogP contribution in [0.25, 0.3) is 10.9 Å². The number of nitrogens with zero attached hydrogens (tertiary/aromatic N) is 1. The Morgan fingerprint density at radius 2 is 1.91 bits per heavy atom. The van der Waals surface area contributed by atoms with Gasteiger partial charge < -0.3 is 14.0 Å². The van der Waals surface area contributed by atoms with Crippen LogP contribution < -0.4 is 0 Å². The molecule has 0 bridgehead atoms. The molecule has 0 radical (unpaired) electrons. The molecule has 1 aromatic heterocycles. The summed E-state index contributed by atoms with van der Waals surface area (Å²) in [6.45, 7) is 9.03. The number of rotatable bonds is 6. The molecule has 0 amide bonds. The maximum absolute atomic E-state index is 15.1. The summed E-state index contributed by atoms with van der Waals surface area (Å²) >= 11 is 7.43. The molecule has 0 spiro atoms. The van der Waals surface area contributed by atoms with E-state index in [4.69, 9.17) is 21.1 Å². The molecule has 0 saturated heterocycles. The van der Waals surface area contributed by atoms with Crippen molar-refractivity contribution < 1.29 is 23.5 Å². The fourth-order valence-electron chi connectivity index (χ4n) is 3.32. The lowest BCUT2D eigenvalue weighted by Gasteiger charge is -2.20. The summed E-state index contributed by atoms with van der Waals surface area (Å²) in [5.41, 5.74) is 0.708. The molecule has 170 valence electrons. The maximum atomic E-state index is 15.1. The molecule has 8 heteroatoms. The zero-order valence-electron chi connectivity index (χ0n) is 18.6. The van der Waals surface area contributed by atoms with E-state index < -0.39 is 23.4 Å². The van der Waals surface area contributed by atoms with Crippen molar-refractivity contribution in [2.24, 2.45) is 0 Å². The third kappa shape index (κ3) is 5.27. The van der Waals surface area contributed by atoms with Crippen LogP contribution in [0.5, 0.6) is 0 Å². The molecule has 1 heterocycles. The number of aromatic nitrogens is 1. The van der Waals surface area contributed by atoms with E-state index in [1.165, 1.54) is 17.8 Å². The average Bonchev–Trinajstić information content (AvgIpc) is 2.96. The third-order valence-corrected chi connectivity index (χ3v) is 6.09. The number of ether oxygens (including phenoxy) is 2. The maximum Gasteiger partial charge on any atom is 0.338 e. The van der Waals surface area contributed by atoms with Gasteiger partial charge in [-0.05, 0) is 65.0 Å². The molecular formula is C24H25ClFNO4S. The highest BCUT2D eigenvalue weighted by Crippen LogP contribution is 2.40. The number of hydrogen-bond acceptors (Lipinski definition) is 5. The van der Waals surface area contributed by atoms with E-state index in [0.717, 1.165) is 9.79 Å². The highest BCUT2D eigenvalue weighted by molar-refractivity contribution is 7.99. The van der Waals surface area contributed by atoms with E-state index in [1.54, 1.807) is 56.5 Å². The largest absolute Gasteiger partial charge is 0.462 e. The number of esters is 2. The predicted molar refractivity (Wildman–Crippen MR) is 124 cm³/mol. The first kappa shape index (κ1) is 24.1. The lowest BCUT2D eigenvalue weighted by atomic mass is 10.2. The van der Waals surface area contributed by atoms with Gasteiger partial charge in [-0.25, -0.2) is 9.18 Å². The minimum Gasteiger partial charge on any atom is -0.462 e. The second kappa shape index (κ2) is 9.55. The van der Waals surface area contributed by atoms with Crippen LogP contribution in [0.1, 0.15) is 43.7 Å². The van der Waals surface area contributed by atoms with Crippen molar-refractivity contribution in [3.8, 4) is 0 Å². The molecule has 0 unspecified atom stereocenters. The van der Waals surface area contributed by atoms with E-state index in [2.05, 4.69) is 0 Å². The van der Waals surface area contributed by atoms with Crippen molar-refractivity contribution in [1.29, 1.82) is 0 Å². The van der Waals surface area contributed by atoms with Gasteiger partial charge in [0.15, 0.2) is 5.82 Å². The van der Waals surface area contributed by atoms with Crippen molar-refractivity contribution in [2.75, 3.05) is 6.61 Å². The highest BCUT2D eigenvalue weighted by atomic mass is 35.5. The quantitative estimate of drug-likeness (QED) is 0.384. The summed E-state index contributed by atoms with van der Waals surface area (Å²) in [6.07, 6.45) is 0. The van der Waals surface area contributed by atoms with Gasteiger partial charge in [0, 0.05) is 20.9 Å². The molecule has 5 nitrogen and oxygen atoms in total. The summed E-state index contributed by atoms with van der Waals surface area (Å²) in [6, 6.07) is 10.3. The fraction of sp³-hybridized carbons (Fsp3) is 0.333. The van der Waals surface area contributed by atoms with Crippen LogP contribution in [-0.4, -0.2) is 28.7 Å². The molecule has 0 atom stereocenters. The lowest BCUT2D eigenvalue weighted by Crippen LogP contribution is -2.26. The summed E-state index contributed by atoms with van der Waals surface area (Å²) in [5.74, 6) is -1.47. The zero-order chi connectivity index (χ0) is 23.6. The molecule has 3 rings (SSSR count). The number of carbonyl (C=O) groups is 2. The van der Waals surface area contributed by atoms with Crippen LogP contribution in [0.3, 0.4) is 0 Å². The smallest absolute Gasteiger partial charge is 0.338 e. The summed E-state index contributed by atoms with van der Waals surface area (Å²) in [4.78, 5) is 26.2. The summed E-state index contributed by atoms with van der Waals surface area (Å²) in [5, 5.41) is 0.598. The van der Waals surface area contributed by atoms with Crippen LogP contribution in [0.2, 0.25) is 5.02 Å². The van der Waals surface area contributed by atoms with Gasteiger partial charge in [-0.15, -0.1) is 0 Å². The molecule has 0 aliphatic carbocycles. The Morgan fingerprint density at radius 1 is 1.19 bits per heavy atom. The minimum absolute atomic E-state index is 0.0266. The molecule has 3 aromatic rings. The van der Waals surface area contributed by atoms with E-state index in [9.17, 15) is 9.59 Å². The Hall–Kier alpha value is -2.51. The molecule has 0 N–H and O–H groups in total. The van der Waals surface area contributed by atoms with E-state index in [-0.39, 0.29) is 23.7 Å². The summed E-state index contributed by atoms with van der Waals surface area (Å²) in [7, 11) is 0. The molecule has 0 aliphatic rings. The zero-order valence-corrected chi connectivity index (χ0v) is 20.2. The predicted octanol–water partition coefficient (Wildman–Crippen LogP) is 6.41. The lowest BCUT2D eigenvalue weighted by molar-refractivity contribution is -0.155. The van der Waals surface area contributed by atoms with Gasteiger partial charge in [0.2, 0.25) is 0 Å². The first-order chi connectivity index (χ1) is 15.0. The van der Waals surface area contributed by atoms with Crippen LogP contribution in [0, 0.1) is 12.7 Å². The van der Waals surface area contributed by atoms with Crippen molar-refractivity contribution in [3.05, 3.63) is 58.5 Å². The Labute approximate surface area is 195 Å². The fourth-order valence-corrected chi connectivity index (χ4v) is 4.57. The number of fused-ring (bicyclic) bond motifs is 1. The standard InChI is InChI=1S/C24H25ClFNO4S/c1-6-30-23(29)15-8-7-9-16(12-15)32-22-14(2)27(13-19(28)31-24(3,4)5)21-17(22)10-11-18(25)20(21)26/h7-12H,6,13H2,1-5H3. The van der Waals surface area contributed by atoms with E-state index in [0.29, 0.717) is 16.6 Å². The highest BCUT2D eigenvalue weighted by Gasteiger charge is 2.24. The number of benzene rings is 2. The van der Waals surface area contributed by atoms with Crippen LogP contribution in [0.4, 0.5) is 4.39 Å². The van der Waals surface area contributed by atoms with Gasteiger partial charge in [0.05, 0.1) is 22.7 Å². The minimum atomic E-state index is -0.657. The molecule has 0 aliphatic heterocycles. The number of carbonyl (C=O) groups excluding carboxylic acids is 2. The van der Waals surface area contributed by atoms with Crippen molar-refractivity contribution in [2.45, 2.75) is 56.6 Å². The van der Waals surface area contributed by atoms with Crippen LogP contribution >= 0.6 is 23.4 Å². The van der Waals surface area contributed by atoms with Gasteiger partial charge in [-0.2, -0.15) is 0 Å². The first-order valence-electron chi connectivity index (χ1n) is 10.2. The van der Waals surface area contributed by atoms with Crippen molar-refractivity contribution >= 4 is 46.2 Å². The number of hydrogen-bond donors (Lipinski definition) is 0. The second-order valence-corrected chi connectivity index (χ2v) is 9.69. The van der Waals surface area contributed by atoms with Crippen molar-refractivity contribution in [1.82, 2.24) is 4.57 Å². The average molecular weight is 478 g/mol. The number of halogens is 2.